The van der Waals surface area contributed by atoms with Gasteiger partial charge in [0.25, 0.3) is 5.56 Å². The molecule has 1 aliphatic heterocycles. The standard InChI is InChI=1S/C25H28N6O/c1-5-16-10-11-20-18(14-16)15-19(24(32)26-20)22(23-27-28-29-31(23)25(2,3)4)30-13-12-17-8-6-7-9-21(17)30/h6-11,14-15,22H,5,12-13H2,1-4H3,(H,26,32)/t22-/m1/s1. The van der Waals surface area contributed by atoms with E-state index in [0.29, 0.717) is 11.4 Å². The number of pyridine rings is 1. The molecule has 2 aromatic carbocycles. The fourth-order valence-electron chi connectivity index (χ4n) is 4.62. The molecule has 0 amide bonds. The fraction of sp³-hybridized carbons (Fsp3) is 0.360. The van der Waals surface area contributed by atoms with Gasteiger partial charge in [0.1, 0.15) is 6.04 Å². The summed E-state index contributed by atoms with van der Waals surface area (Å²) in [5.41, 5.74) is 4.70. The molecule has 0 bridgehead atoms. The molecule has 4 aromatic rings. The van der Waals surface area contributed by atoms with E-state index in [1.165, 1.54) is 11.1 Å². The number of H-pyrrole nitrogens is 1. The molecular formula is C25H28N6O. The average molecular weight is 429 g/mol. The third-order valence-corrected chi connectivity index (χ3v) is 6.25. The van der Waals surface area contributed by atoms with Crippen molar-refractivity contribution in [1.29, 1.82) is 0 Å². The first kappa shape index (κ1) is 20.4. The molecule has 1 aliphatic rings. The van der Waals surface area contributed by atoms with Crippen LogP contribution >= 0.6 is 0 Å². The van der Waals surface area contributed by atoms with E-state index in [9.17, 15) is 4.79 Å². The molecule has 0 fully saturated rings. The molecule has 3 heterocycles. The van der Waals surface area contributed by atoms with E-state index in [-0.39, 0.29) is 11.1 Å². The van der Waals surface area contributed by atoms with E-state index in [0.717, 1.165) is 36.0 Å². The third kappa shape index (κ3) is 3.38. The highest BCUT2D eigenvalue weighted by Gasteiger charge is 2.36. The first-order valence-electron chi connectivity index (χ1n) is 11.2. The van der Waals surface area contributed by atoms with Gasteiger partial charge in [0, 0.05) is 23.3 Å². The first-order chi connectivity index (χ1) is 15.4. The maximum Gasteiger partial charge on any atom is 0.254 e. The molecule has 1 atom stereocenters. The lowest BCUT2D eigenvalue weighted by molar-refractivity contribution is 0.329. The molecule has 0 radical (unpaired) electrons. The summed E-state index contributed by atoms with van der Waals surface area (Å²) in [4.78, 5) is 18.8. The summed E-state index contributed by atoms with van der Waals surface area (Å²) in [6.07, 6.45) is 1.87. The van der Waals surface area contributed by atoms with E-state index in [2.05, 4.69) is 83.4 Å². The minimum atomic E-state index is -0.397. The summed E-state index contributed by atoms with van der Waals surface area (Å²) in [7, 11) is 0. The van der Waals surface area contributed by atoms with Crippen molar-refractivity contribution >= 4 is 16.6 Å². The zero-order valence-electron chi connectivity index (χ0n) is 19.0. The molecular weight excluding hydrogens is 400 g/mol. The van der Waals surface area contributed by atoms with Crippen LogP contribution in [-0.4, -0.2) is 31.7 Å². The molecule has 0 saturated carbocycles. The molecule has 1 N–H and O–H groups in total. The number of aromatic nitrogens is 5. The molecule has 7 heteroatoms. The zero-order valence-corrected chi connectivity index (χ0v) is 19.0. The van der Waals surface area contributed by atoms with E-state index in [4.69, 9.17) is 0 Å². The van der Waals surface area contributed by atoms with Gasteiger partial charge in [0.05, 0.1) is 5.54 Å². The van der Waals surface area contributed by atoms with Crippen LogP contribution in [0, 0.1) is 0 Å². The van der Waals surface area contributed by atoms with Crippen molar-refractivity contribution in [2.75, 3.05) is 11.4 Å². The number of nitrogens with zero attached hydrogens (tertiary/aromatic N) is 5. The van der Waals surface area contributed by atoms with Crippen molar-refractivity contribution in [2.45, 2.75) is 52.1 Å². The van der Waals surface area contributed by atoms with E-state index < -0.39 is 6.04 Å². The minimum absolute atomic E-state index is 0.111. The van der Waals surface area contributed by atoms with Gasteiger partial charge in [-0.2, -0.15) is 0 Å². The van der Waals surface area contributed by atoms with Gasteiger partial charge in [-0.05, 0) is 84.8 Å². The quantitative estimate of drug-likeness (QED) is 0.532. The van der Waals surface area contributed by atoms with Crippen LogP contribution in [-0.2, 0) is 18.4 Å². The second-order valence-corrected chi connectivity index (χ2v) is 9.42. The normalized spacial score (nSPS) is 14.7. The Morgan fingerprint density at radius 3 is 2.72 bits per heavy atom. The second kappa shape index (κ2) is 7.58. The molecule has 5 rings (SSSR count). The maximum atomic E-state index is 13.4. The van der Waals surface area contributed by atoms with Crippen molar-refractivity contribution in [3.05, 3.63) is 81.4 Å². The van der Waals surface area contributed by atoms with Gasteiger partial charge in [-0.3, -0.25) is 4.79 Å². The smallest absolute Gasteiger partial charge is 0.254 e. The number of hydrogen-bond acceptors (Lipinski definition) is 5. The number of anilines is 1. The van der Waals surface area contributed by atoms with Crippen LogP contribution in [0.15, 0.2) is 53.3 Å². The monoisotopic (exact) mass is 428 g/mol. The van der Waals surface area contributed by atoms with E-state index >= 15 is 0 Å². The lowest BCUT2D eigenvalue weighted by Crippen LogP contribution is -2.37. The Labute approximate surface area is 187 Å². The summed E-state index contributed by atoms with van der Waals surface area (Å²) in [5, 5.41) is 13.8. The van der Waals surface area contributed by atoms with Gasteiger partial charge in [-0.25, -0.2) is 4.68 Å². The van der Waals surface area contributed by atoms with Crippen LogP contribution in [0.25, 0.3) is 10.9 Å². The SMILES string of the molecule is CCc1ccc2[nH]c(=O)c([C@H](c3nnnn3C(C)(C)C)N3CCc4ccccc43)cc2c1. The Balaban J connectivity index is 1.76. The van der Waals surface area contributed by atoms with E-state index in [1.807, 2.05) is 22.9 Å². The first-order valence-corrected chi connectivity index (χ1v) is 11.2. The Hall–Kier alpha value is -3.48. The molecule has 32 heavy (non-hydrogen) atoms. The molecule has 0 aliphatic carbocycles. The lowest BCUT2D eigenvalue weighted by Gasteiger charge is -2.31. The largest absolute Gasteiger partial charge is 0.357 e. The molecule has 7 nitrogen and oxygen atoms in total. The fourth-order valence-corrected chi connectivity index (χ4v) is 4.62. The van der Waals surface area contributed by atoms with Crippen LogP contribution in [0.3, 0.4) is 0 Å². The number of nitrogens with one attached hydrogen (secondary N) is 1. The molecule has 2 aromatic heterocycles. The number of hydrogen-bond donors (Lipinski definition) is 1. The van der Waals surface area contributed by atoms with Gasteiger partial charge >= 0.3 is 0 Å². The maximum absolute atomic E-state index is 13.4. The van der Waals surface area contributed by atoms with Crippen LogP contribution in [0.4, 0.5) is 5.69 Å². The number of para-hydroxylation sites is 1. The Morgan fingerprint density at radius 1 is 1.12 bits per heavy atom. The number of aryl methyl sites for hydroxylation is 1. The summed E-state index contributed by atoms with van der Waals surface area (Å²) in [5.74, 6) is 0.672. The number of aromatic amines is 1. The Kier molecular flexibility index (Phi) is 4.84. The van der Waals surface area contributed by atoms with Crippen LogP contribution in [0.2, 0.25) is 0 Å². The zero-order chi connectivity index (χ0) is 22.5. The van der Waals surface area contributed by atoms with Crippen molar-refractivity contribution in [3.8, 4) is 0 Å². The minimum Gasteiger partial charge on any atom is -0.357 e. The molecule has 0 saturated heterocycles. The Morgan fingerprint density at radius 2 is 1.94 bits per heavy atom. The van der Waals surface area contributed by atoms with E-state index in [1.54, 1.807) is 0 Å². The topological polar surface area (TPSA) is 79.7 Å². The third-order valence-electron chi connectivity index (χ3n) is 6.25. The number of tetrazole rings is 1. The highest BCUT2D eigenvalue weighted by molar-refractivity contribution is 5.80. The van der Waals surface area contributed by atoms with Gasteiger partial charge < -0.3 is 9.88 Å². The van der Waals surface area contributed by atoms with Crippen molar-refractivity contribution < 1.29 is 0 Å². The lowest BCUT2D eigenvalue weighted by atomic mass is 10.0. The molecule has 0 spiro atoms. The summed E-state index contributed by atoms with van der Waals surface area (Å²) in [6, 6.07) is 16.2. The predicted molar refractivity (Wildman–Crippen MR) is 126 cm³/mol. The summed E-state index contributed by atoms with van der Waals surface area (Å²) in [6.45, 7) is 9.14. The van der Waals surface area contributed by atoms with Crippen LogP contribution in [0.5, 0.6) is 0 Å². The number of rotatable bonds is 4. The van der Waals surface area contributed by atoms with Gasteiger partial charge in [-0.1, -0.05) is 31.2 Å². The number of benzene rings is 2. The van der Waals surface area contributed by atoms with Gasteiger partial charge in [0.15, 0.2) is 5.82 Å². The Bertz CT molecular complexity index is 1350. The van der Waals surface area contributed by atoms with Crippen molar-refractivity contribution in [1.82, 2.24) is 25.2 Å². The van der Waals surface area contributed by atoms with Gasteiger partial charge in [0.2, 0.25) is 0 Å². The highest BCUT2D eigenvalue weighted by atomic mass is 16.1. The van der Waals surface area contributed by atoms with Crippen molar-refractivity contribution in [3.63, 3.8) is 0 Å². The van der Waals surface area contributed by atoms with Crippen LogP contribution < -0.4 is 10.5 Å². The second-order valence-electron chi connectivity index (χ2n) is 9.42. The molecule has 164 valence electrons. The molecule has 0 unspecified atom stereocenters. The predicted octanol–water partition coefficient (Wildman–Crippen LogP) is 3.98. The van der Waals surface area contributed by atoms with Crippen LogP contribution in [0.1, 0.15) is 56.3 Å². The summed E-state index contributed by atoms with van der Waals surface area (Å²) < 4.78 is 1.84. The highest BCUT2D eigenvalue weighted by Crippen LogP contribution is 2.38. The number of fused-ring (bicyclic) bond motifs is 2. The van der Waals surface area contributed by atoms with Gasteiger partial charge in [-0.15, -0.1) is 5.10 Å². The average Bonchev–Trinajstić information content (AvgIpc) is 3.42. The van der Waals surface area contributed by atoms with Crippen molar-refractivity contribution in [2.24, 2.45) is 0 Å². The summed E-state index contributed by atoms with van der Waals surface area (Å²) >= 11 is 0.